The molecule has 0 bridgehead atoms. The lowest BCUT2D eigenvalue weighted by atomic mass is 10.2. The average Bonchev–Trinajstić information content (AvgIpc) is 2.35. The number of carboxylic acids is 1. The molecule has 0 amide bonds. The normalized spacial score (nSPS) is 11.8. The third-order valence-electron chi connectivity index (χ3n) is 2.47. The van der Waals surface area contributed by atoms with Gasteiger partial charge in [-0.25, -0.2) is 17.6 Å². The zero-order valence-corrected chi connectivity index (χ0v) is 11.3. The van der Waals surface area contributed by atoms with Gasteiger partial charge in [-0.3, -0.25) is 0 Å². The fraction of sp³-hybridized carbons (Fsp3) is 0.364. The van der Waals surface area contributed by atoms with Crippen molar-refractivity contribution in [2.24, 2.45) is 0 Å². The lowest BCUT2D eigenvalue weighted by molar-refractivity contribution is 0.0692. The summed E-state index contributed by atoms with van der Waals surface area (Å²) in [6, 6.07) is 2.52. The second-order valence-electron chi connectivity index (χ2n) is 3.77. The van der Waals surface area contributed by atoms with E-state index in [2.05, 4.69) is 0 Å². The molecule has 0 radical (unpaired) electrons. The van der Waals surface area contributed by atoms with Gasteiger partial charge in [0.05, 0.1) is 17.1 Å². The monoisotopic (exact) mass is 291 g/mol. The summed E-state index contributed by atoms with van der Waals surface area (Å²) in [5.41, 5.74) is -0.467. The highest BCUT2D eigenvalue weighted by molar-refractivity contribution is 7.89. The van der Waals surface area contributed by atoms with Crippen LogP contribution in [0.4, 0.5) is 4.39 Å². The van der Waals surface area contributed by atoms with Gasteiger partial charge in [0.15, 0.2) is 0 Å². The van der Waals surface area contributed by atoms with Crippen molar-refractivity contribution in [2.75, 3.05) is 27.3 Å². The maximum absolute atomic E-state index is 13.2. The molecular formula is C11H14FNO5S. The van der Waals surface area contributed by atoms with Gasteiger partial charge in [-0.05, 0) is 18.2 Å². The van der Waals surface area contributed by atoms with E-state index in [4.69, 9.17) is 9.84 Å². The number of aromatic carboxylic acids is 1. The molecule has 0 heterocycles. The number of methoxy groups -OCH3 is 1. The van der Waals surface area contributed by atoms with E-state index in [0.29, 0.717) is 6.07 Å². The van der Waals surface area contributed by atoms with Gasteiger partial charge in [0, 0.05) is 20.7 Å². The number of nitrogens with zero attached hydrogens (tertiary/aromatic N) is 1. The Balaban J connectivity index is 3.27. The van der Waals surface area contributed by atoms with Crippen LogP contribution < -0.4 is 0 Å². The van der Waals surface area contributed by atoms with Crippen LogP contribution in [0.25, 0.3) is 0 Å². The predicted octanol–water partition coefficient (Wildman–Crippen LogP) is 0.791. The Bertz CT molecular complexity index is 572. The van der Waals surface area contributed by atoms with E-state index >= 15 is 0 Å². The quantitative estimate of drug-likeness (QED) is 0.837. The Morgan fingerprint density at radius 1 is 1.47 bits per heavy atom. The van der Waals surface area contributed by atoms with Crippen LogP contribution in [-0.4, -0.2) is 51.1 Å². The molecule has 106 valence electrons. The Hall–Kier alpha value is -1.51. The van der Waals surface area contributed by atoms with Crippen molar-refractivity contribution in [1.29, 1.82) is 0 Å². The maximum atomic E-state index is 13.2. The molecule has 0 unspecified atom stereocenters. The fourth-order valence-electron chi connectivity index (χ4n) is 1.39. The zero-order chi connectivity index (χ0) is 14.6. The molecule has 1 rings (SSSR count). The predicted molar refractivity (Wildman–Crippen MR) is 65.1 cm³/mol. The van der Waals surface area contributed by atoms with Gasteiger partial charge in [0.25, 0.3) is 0 Å². The Kier molecular flexibility index (Phi) is 4.98. The van der Waals surface area contributed by atoms with E-state index in [9.17, 15) is 17.6 Å². The Morgan fingerprint density at radius 3 is 2.63 bits per heavy atom. The van der Waals surface area contributed by atoms with Crippen molar-refractivity contribution < 1.29 is 27.4 Å². The second kappa shape index (κ2) is 6.09. The molecule has 1 N–H and O–H groups in total. The Labute approximate surface area is 110 Å². The molecule has 0 fully saturated rings. The molecule has 0 aliphatic heterocycles. The van der Waals surface area contributed by atoms with Crippen molar-refractivity contribution in [1.82, 2.24) is 4.31 Å². The minimum atomic E-state index is -4.08. The number of ether oxygens (including phenoxy) is 1. The van der Waals surface area contributed by atoms with Crippen LogP contribution >= 0.6 is 0 Å². The SMILES string of the molecule is COCCN(C)S(=O)(=O)c1cc(F)ccc1C(=O)O. The molecule has 0 aromatic heterocycles. The summed E-state index contributed by atoms with van der Waals surface area (Å²) in [5.74, 6) is -2.25. The van der Waals surface area contributed by atoms with Crippen LogP contribution in [0.15, 0.2) is 23.1 Å². The fourth-order valence-corrected chi connectivity index (χ4v) is 2.74. The van der Waals surface area contributed by atoms with Gasteiger partial charge in [-0.15, -0.1) is 0 Å². The number of hydrogen-bond acceptors (Lipinski definition) is 4. The lowest BCUT2D eigenvalue weighted by Crippen LogP contribution is -2.31. The summed E-state index contributed by atoms with van der Waals surface area (Å²) in [6.07, 6.45) is 0. The van der Waals surface area contributed by atoms with Crippen molar-refractivity contribution in [3.8, 4) is 0 Å². The summed E-state index contributed by atoms with van der Waals surface area (Å²) in [7, 11) is -1.40. The number of hydrogen-bond donors (Lipinski definition) is 1. The van der Waals surface area contributed by atoms with Gasteiger partial charge in [-0.2, -0.15) is 4.31 Å². The molecule has 0 saturated heterocycles. The number of carboxylic acid groups (broad SMARTS) is 1. The van der Waals surface area contributed by atoms with E-state index in [-0.39, 0.29) is 13.2 Å². The number of likely N-dealkylation sites (N-methyl/N-ethyl adjacent to an activating group) is 1. The molecule has 0 saturated carbocycles. The first-order valence-electron chi connectivity index (χ1n) is 5.29. The van der Waals surface area contributed by atoms with Crippen LogP contribution in [0.1, 0.15) is 10.4 Å². The van der Waals surface area contributed by atoms with Crippen LogP contribution in [0.5, 0.6) is 0 Å². The van der Waals surface area contributed by atoms with E-state index < -0.39 is 32.3 Å². The highest BCUT2D eigenvalue weighted by atomic mass is 32.2. The van der Waals surface area contributed by atoms with Gasteiger partial charge >= 0.3 is 5.97 Å². The Morgan fingerprint density at radius 2 is 2.11 bits per heavy atom. The van der Waals surface area contributed by atoms with E-state index in [1.807, 2.05) is 0 Å². The van der Waals surface area contributed by atoms with Gasteiger partial charge in [0.2, 0.25) is 10.0 Å². The van der Waals surface area contributed by atoms with Gasteiger partial charge in [0.1, 0.15) is 5.82 Å². The van der Waals surface area contributed by atoms with Gasteiger partial charge < -0.3 is 9.84 Å². The van der Waals surface area contributed by atoms with Crippen LogP contribution in [0, 0.1) is 5.82 Å². The second-order valence-corrected chi connectivity index (χ2v) is 5.78. The molecule has 0 aliphatic carbocycles. The van der Waals surface area contributed by atoms with E-state index in [1.54, 1.807) is 0 Å². The van der Waals surface area contributed by atoms with E-state index in [0.717, 1.165) is 16.4 Å². The molecule has 0 atom stereocenters. The summed E-state index contributed by atoms with van der Waals surface area (Å²) >= 11 is 0. The molecule has 1 aromatic carbocycles. The van der Waals surface area contributed by atoms with Crippen LogP contribution in [-0.2, 0) is 14.8 Å². The largest absolute Gasteiger partial charge is 0.478 e. The molecule has 0 aliphatic rings. The lowest BCUT2D eigenvalue weighted by Gasteiger charge is -2.17. The molecule has 1 aromatic rings. The van der Waals surface area contributed by atoms with Crippen LogP contribution in [0.3, 0.4) is 0 Å². The summed E-state index contributed by atoms with van der Waals surface area (Å²) in [4.78, 5) is 10.4. The summed E-state index contributed by atoms with van der Waals surface area (Å²) in [6.45, 7) is 0.182. The summed E-state index contributed by atoms with van der Waals surface area (Å²) in [5, 5.41) is 8.95. The van der Waals surface area contributed by atoms with Crippen LogP contribution in [0.2, 0.25) is 0 Å². The number of carbonyl (C=O) groups is 1. The smallest absolute Gasteiger partial charge is 0.337 e. The minimum absolute atomic E-state index is 0.0361. The molecule has 6 nitrogen and oxygen atoms in total. The highest BCUT2D eigenvalue weighted by Crippen LogP contribution is 2.20. The minimum Gasteiger partial charge on any atom is -0.478 e. The van der Waals surface area contributed by atoms with Crippen molar-refractivity contribution in [3.05, 3.63) is 29.6 Å². The van der Waals surface area contributed by atoms with Gasteiger partial charge in [-0.1, -0.05) is 0 Å². The topological polar surface area (TPSA) is 83.9 Å². The number of benzene rings is 1. The standard InChI is InChI=1S/C11H14FNO5S/c1-13(5-6-18-2)19(16,17)10-7-8(12)3-4-9(10)11(14)15/h3-4,7H,5-6H2,1-2H3,(H,14,15). The number of halogens is 1. The molecule has 19 heavy (non-hydrogen) atoms. The summed E-state index contributed by atoms with van der Waals surface area (Å²) < 4.78 is 43.1. The first-order chi connectivity index (χ1) is 8.80. The number of rotatable bonds is 6. The van der Waals surface area contributed by atoms with Crippen molar-refractivity contribution in [2.45, 2.75) is 4.90 Å². The number of sulfonamides is 1. The third-order valence-corrected chi connectivity index (χ3v) is 4.37. The average molecular weight is 291 g/mol. The van der Waals surface area contributed by atoms with Crippen molar-refractivity contribution >= 4 is 16.0 Å². The van der Waals surface area contributed by atoms with E-state index in [1.165, 1.54) is 14.2 Å². The molecule has 0 spiro atoms. The first-order valence-corrected chi connectivity index (χ1v) is 6.73. The maximum Gasteiger partial charge on any atom is 0.337 e. The zero-order valence-electron chi connectivity index (χ0n) is 10.5. The molecular weight excluding hydrogens is 277 g/mol. The third kappa shape index (κ3) is 3.49. The highest BCUT2D eigenvalue weighted by Gasteiger charge is 2.26. The molecule has 8 heteroatoms. The van der Waals surface area contributed by atoms with Crippen molar-refractivity contribution in [3.63, 3.8) is 0 Å². The first kappa shape index (κ1) is 15.5.